The summed E-state index contributed by atoms with van der Waals surface area (Å²) in [7, 11) is 0. The van der Waals surface area contributed by atoms with Gasteiger partial charge in [-0.25, -0.2) is 0 Å². The Morgan fingerprint density at radius 2 is 2.22 bits per heavy atom. The molecule has 2 heterocycles. The number of nitrogens with two attached hydrogens (primary N) is 1. The van der Waals surface area contributed by atoms with E-state index < -0.39 is 0 Å². The van der Waals surface area contributed by atoms with Gasteiger partial charge in [0.05, 0.1) is 18.3 Å². The number of Topliss-reactive ketones (excluding diaryl/α,β-unsaturated/α-hetero) is 1. The number of hydrogen-bond donors (Lipinski definition) is 1. The van der Waals surface area contributed by atoms with E-state index in [1.165, 1.54) is 0 Å². The smallest absolute Gasteiger partial charge is 0.179 e. The number of rotatable bonds is 5. The lowest BCUT2D eigenvalue weighted by Gasteiger charge is -2.29. The molecule has 2 N–H and O–H groups in total. The Hall–Kier alpha value is -1.20. The molecule has 5 heteroatoms. The van der Waals surface area contributed by atoms with Crippen LogP contribution in [0.2, 0.25) is 0 Å². The molecule has 1 saturated heterocycles. The second kappa shape index (κ2) is 6.11. The SMILES string of the molecule is CCCn1cc(C(=O)CN2CCC(N)CC2)cn1. The topological polar surface area (TPSA) is 64.2 Å². The highest BCUT2D eigenvalue weighted by Gasteiger charge is 2.19. The zero-order chi connectivity index (χ0) is 13.0. The lowest BCUT2D eigenvalue weighted by atomic mass is 10.1. The fourth-order valence-electron chi connectivity index (χ4n) is 2.26. The normalized spacial score (nSPS) is 18.1. The van der Waals surface area contributed by atoms with E-state index in [-0.39, 0.29) is 5.78 Å². The zero-order valence-electron chi connectivity index (χ0n) is 11.0. The summed E-state index contributed by atoms with van der Waals surface area (Å²) in [5.41, 5.74) is 6.57. The van der Waals surface area contributed by atoms with Crippen molar-refractivity contribution in [1.29, 1.82) is 0 Å². The standard InChI is InChI=1S/C13H22N4O/c1-2-5-17-9-11(8-15-17)13(18)10-16-6-3-12(14)4-7-16/h8-9,12H,2-7,10,14H2,1H3. The van der Waals surface area contributed by atoms with Gasteiger partial charge in [-0.1, -0.05) is 6.92 Å². The molecular formula is C13H22N4O. The highest BCUT2D eigenvalue weighted by molar-refractivity contribution is 5.97. The monoisotopic (exact) mass is 250 g/mol. The Labute approximate surface area is 108 Å². The number of carbonyl (C=O) groups is 1. The highest BCUT2D eigenvalue weighted by atomic mass is 16.1. The summed E-state index contributed by atoms with van der Waals surface area (Å²) in [5.74, 6) is 0.160. The molecule has 0 bridgehead atoms. The van der Waals surface area contributed by atoms with Crippen LogP contribution in [0, 0.1) is 0 Å². The van der Waals surface area contributed by atoms with Crippen molar-refractivity contribution in [3.8, 4) is 0 Å². The molecule has 2 rings (SSSR count). The predicted octanol–water partition coefficient (Wildman–Crippen LogP) is 0.899. The van der Waals surface area contributed by atoms with Gasteiger partial charge in [-0.2, -0.15) is 5.10 Å². The summed E-state index contributed by atoms with van der Waals surface area (Å²) >= 11 is 0. The summed E-state index contributed by atoms with van der Waals surface area (Å²) in [4.78, 5) is 14.3. The van der Waals surface area contributed by atoms with Crippen LogP contribution in [0.4, 0.5) is 0 Å². The molecule has 1 fully saturated rings. The maximum atomic E-state index is 12.1. The summed E-state index contributed by atoms with van der Waals surface area (Å²) in [6, 6.07) is 0.309. The van der Waals surface area contributed by atoms with Gasteiger partial charge in [0.1, 0.15) is 0 Å². The molecule has 0 aliphatic carbocycles. The molecular weight excluding hydrogens is 228 g/mol. The van der Waals surface area contributed by atoms with Crippen LogP contribution in [-0.4, -0.2) is 46.1 Å². The summed E-state index contributed by atoms with van der Waals surface area (Å²) in [5, 5.41) is 4.19. The summed E-state index contributed by atoms with van der Waals surface area (Å²) < 4.78 is 1.83. The molecule has 1 aliphatic heterocycles. The molecule has 0 aromatic carbocycles. The molecule has 1 aromatic rings. The van der Waals surface area contributed by atoms with E-state index in [1.807, 2.05) is 10.9 Å². The average Bonchev–Trinajstić information content (AvgIpc) is 2.81. The molecule has 5 nitrogen and oxygen atoms in total. The lowest BCUT2D eigenvalue weighted by Crippen LogP contribution is -2.41. The van der Waals surface area contributed by atoms with Crippen LogP contribution in [-0.2, 0) is 6.54 Å². The van der Waals surface area contributed by atoms with Crippen LogP contribution in [0.5, 0.6) is 0 Å². The number of likely N-dealkylation sites (tertiary alicyclic amines) is 1. The van der Waals surface area contributed by atoms with E-state index in [0.717, 1.165) is 44.5 Å². The molecule has 100 valence electrons. The first-order chi connectivity index (χ1) is 8.69. The number of piperidine rings is 1. The largest absolute Gasteiger partial charge is 0.328 e. The van der Waals surface area contributed by atoms with Crippen LogP contribution < -0.4 is 5.73 Å². The Kier molecular flexibility index (Phi) is 4.49. The van der Waals surface area contributed by atoms with Crippen molar-refractivity contribution in [1.82, 2.24) is 14.7 Å². The Balaban J connectivity index is 1.86. The Morgan fingerprint density at radius 1 is 1.50 bits per heavy atom. The van der Waals surface area contributed by atoms with Crippen molar-refractivity contribution in [2.75, 3.05) is 19.6 Å². The van der Waals surface area contributed by atoms with Gasteiger partial charge < -0.3 is 5.73 Å². The summed E-state index contributed by atoms with van der Waals surface area (Å²) in [6.07, 6.45) is 6.53. The van der Waals surface area contributed by atoms with Gasteiger partial charge in [0.25, 0.3) is 0 Å². The number of nitrogens with zero attached hydrogens (tertiary/aromatic N) is 3. The molecule has 18 heavy (non-hydrogen) atoms. The first-order valence-electron chi connectivity index (χ1n) is 6.72. The van der Waals surface area contributed by atoms with E-state index in [0.29, 0.717) is 12.6 Å². The Morgan fingerprint density at radius 3 is 2.89 bits per heavy atom. The second-order valence-corrected chi connectivity index (χ2v) is 5.03. The van der Waals surface area contributed by atoms with Crippen molar-refractivity contribution in [2.45, 2.75) is 38.8 Å². The quantitative estimate of drug-likeness (QED) is 0.789. The third-order valence-corrected chi connectivity index (χ3v) is 3.41. The minimum atomic E-state index is 0.160. The van der Waals surface area contributed by atoms with Crippen LogP contribution in [0.15, 0.2) is 12.4 Å². The number of ketones is 1. The van der Waals surface area contributed by atoms with Gasteiger partial charge in [-0.3, -0.25) is 14.4 Å². The van der Waals surface area contributed by atoms with Crippen molar-refractivity contribution in [3.63, 3.8) is 0 Å². The van der Waals surface area contributed by atoms with E-state index in [9.17, 15) is 4.79 Å². The fraction of sp³-hybridized carbons (Fsp3) is 0.692. The van der Waals surface area contributed by atoms with Gasteiger partial charge in [0.2, 0.25) is 0 Å². The molecule has 1 aromatic heterocycles. The Bertz CT molecular complexity index is 393. The van der Waals surface area contributed by atoms with E-state index >= 15 is 0 Å². The van der Waals surface area contributed by atoms with Crippen LogP contribution in [0.1, 0.15) is 36.5 Å². The third kappa shape index (κ3) is 3.40. The van der Waals surface area contributed by atoms with Crippen molar-refractivity contribution in [3.05, 3.63) is 18.0 Å². The molecule has 1 aliphatic rings. The van der Waals surface area contributed by atoms with E-state index in [1.54, 1.807) is 6.20 Å². The fourth-order valence-corrected chi connectivity index (χ4v) is 2.26. The van der Waals surface area contributed by atoms with Gasteiger partial charge in [-0.05, 0) is 19.3 Å². The number of hydrogen-bond acceptors (Lipinski definition) is 4. The first kappa shape index (κ1) is 13.2. The predicted molar refractivity (Wildman–Crippen MR) is 70.5 cm³/mol. The minimum absolute atomic E-state index is 0.160. The molecule has 0 spiro atoms. The number of carbonyl (C=O) groups excluding carboxylic acids is 1. The van der Waals surface area contributed by atoms with Crippen molar-refractivity contribution in [2.24, 2.45) is 5.73 Å². The van der Waals surface area contributed by atoms with Gasteiger partial charge >= 0.3 is 0 Å². The molecule has 0 unspecified atom stereocenters. The zero-order valence-corrected chi connectivity index (χ0v) is 11.0. The highest BCUT2D eigenvalue weighted by Crippen LogP contribution is 2.09. The van der Waals surface area contributed by atoms with E-state index in [4.69, 9.17) is 5.73 Å². The molecule has 0 amide bonds. The maximum Gasteiger partial charge on any atom is 0.179 e. The van der Waals surface area contributed by atoms with Crippen molar-refractivity contribution >= 4 is 5.78 Å². The van der Waals surface area contributed by atoms with Crippen molar-refractivity contribution < 1.29 is 4.79 Å². The lowest BCUT2D eigenvalue weighted by molar-refractivity contribution is 0.0910. The van der Waals surface area contributed by atoms with Crippen LogP contribution in [0.3, 0.4) is 0 Å². The van der Waals surface area contributed by atoms with Gasteiger partial charge in [0, 0.05) is 31.9 Å². The molecule has 0 saturated carbocycles. The van der Waals surface area contributed by atoms with Crippen LogP contribution in [0.25, 0.3) is 0 Å². The van der Waals surface area contributed by atoms with Gasteiger partial charge in [0.15, 0.2) is 5.78 Å². The summed E-state index contributed by atoms with van der Waals surface area (Å²) in [6.45, 7) is 5.31. The molecule has 0 atom stereocenters. The minimum Gasteiger partial charge on any atom is -0.328 e. The second-order valence-electron chi connectivity index (χ2n) is 5.03. The first-order valence-corrected chi connectivity index (χ1v) is 6.72. The maximum absolute atomic E-state index is 12.1. The van der Waals surface area contributed by atoms with Gasteiger partial charge in [-0.15, -0.1) is 0 Å². The van der Waals surface area contributed by atoms with Crippen LogP contribution >= 0.6 is 0 Å². The third-order valence-electron chi connectivity index (χ3n) is 3.41. The number of aryl methyl sites for hydroxylation is 1. The average molecular weight is 250 g/mol. The van der Waals surface area contributed by atoms with E-state index in [2.05, 4.69) is 16.9 Å². The number of aromatic nitrogens is 2. The molecule has 0 radical (unpaired) electrons.